The standard InChI is InChI=1S/C12H21N3O3/c1-5-10(6-16)14-12(17)13-7(2)11-8(3)15-18-9(11)4/h7,10,16H,5-6H2,1-4H3,(H2,13,14,17)/t7-,10-/m0/s1. The molecule has 0 fully saturated rings. The van der Waals surface area contributed by atoms with Crippen LogP contribution in [0.1, 0.15) is 43.3 Å². The lowest BCUT2D eigenvalue weighted by molar-refractivity contribution is 0.212. The van der Waals surface area contributed by atoms with Gasteiger partial charge in [0.25, 0.3) is 0 Å². The molecule has 0 bridgehead atoms. The van der Waals surface area contributed by atoms with E-state index in [1.165, 1.54) is 0 Å². The van der Waals surface area contributed by atoms with Crippen LogP contribution in [0.5, 0.6) is 0 Å². The van der Waals surface area contributed by atoms with Crippen LogP contribution in [0.2, 0.25) is 0 Å². The van der Waals surface area contributed by atoms with E-state index in [0.29, 0.717) is 12.2 Å². The topological polar surface area (TPSA) is 87.4 Å². The molecule has 3 N–H and O–H groups in total. The Balaban J connectivity index is 2.60. The van der Waals surface area contributed by atoms with Gasteiger partial charge >= 0.3 is 6.03 Å². The molecule has 2 atom stereocenters. The number of carbonyl (C=O) groups is 1. The molecule has 0 aromatic carbocycles. The minimum atomic E-state index is -0.302. The van der Waals surface area contributed by atoms with E-state index in [-0.39, 0.29) is 24.7 Å². The Kier molecular flexibility index (Phi) is 5.15. The molecule has 1 rings (SSSR count). The number of aromatic nitrogens is 1. The van der Waals surface area contributed by atoms with E-state index in [4.69, 9.17) is 9.63 Å². The molecule has 0 saturated heterocycles. The molecule has 18 heavy (non-hydrogen) atoms. The molecule has 0 aliphatic heterocycles. The summed E-state index contributed by atoms with van der Waals surface area (Å²) in [7, 11) is 0. The Hall–Kier alpha value is -1.56. The van der Waals surface area contributed by atoms with Crippen molar-refractivity contribution in [2.75, 3.05) is 6.61 Å². The number of aliphatic hydroxyl groups excluding tert-OH is 1. The number of rotatable bonds is 5. The van der Waals surface area contributed by atoms with Gasteiger partial charge in [-0.15, -0.1) is 0 Å². The molecule has 2 amide bonds. The predicted octanol–water partition coefficient (Wildman–Crippen LogP) is 1.42. The Bertz CT molecular complexity index is 380. The van der Waals surface area contributed by atoms with E-state index in [9.17, 15) is 4.79 Å². The second-order valence-electron chi connectivity index (χ2n) is 4.37. The summed E-state index contributed by atoms with van der Waals surface area (Å²) in [6.45, 7) is 7.35. The van der Waals surface area contributed by atoms with Gasteiger partial charge in [-0.1, -0.05) is 12.1 Å². The van der Waals surface area contributed by atoms with E-state index in [1.807, 2.05) is 27.7 Å². The van der Waals surface area contributed by atoms with Crippen molar-refractivity contribution in [3.05, 3.63) is 17.0 Å². The zero-order valence-corrected chi connectivity index (χ0v) is 11.3. The lowest BCUT2D eigenvalue weighted by atomic mass is 10.1. The van der Waals surface area contributed by atoms with E-state index in [2.05, 4.69) is 15.8 Å². The highest BCUT2D eigenvalue weighted by atomic mass is 16.5. The van der Waals surface area contributed by atoms with Crippen molar-refractivity contribution in [2.24, 2.45) is 0 Å². The monoisotopic (exact) mass is 255 g/mol. The lowest BCUT2D eigenvalue weighted by Gasteiger charge is -2.18. The summed E-state index contributed by atoms with van der Waals surface area (Å²) in [5, 5.41) is 18.4. The predicted molar refractivity (Wildman–Crippen MR) is 67.2 cm³/mol. The fourth-order valence-corrected chi connectivity index (χ4v) is 1.88. The first kappa shape index (κ1) is 14.5. The van der Waals surface area contributed by atoms with Crippen LogP contribution in [0.15, 0.2) is 4.52 Å². The highest BCUT2D eigenvalue weighted by Gasteiger charge is 2.19. The molecule has 1 heterocycles. The van der Waals surface area contributed by atoms with Crippen molar-refractivity contribution < 1.29 is 14.4 Å². The minimum Gasteiger partial charge on any atom is -0.394 e. The zero-order valence-electron chi connectivity index (χ0n) is 11.3. The summed E-state index contributed by atoms with van der Waals surface area (Å²) >= 11 is 0. The molecule has 0 radical (unpaired) electrons. The Morgan fingerprint density at radius 1 is 1.44 bits per heavy atom. The number of aliphatic hydroxyl groups is 1. The Morgan fingerprint density at radius 2 is 2.11 bits per heavy atom. The number of hydrogen-bond donors (Lipinski definition) is 3. The molecule has 6 heteroatoms. The zero-order chi connectivity index (χ0) is 13.7. The molecule has 1 aromatic rings. The number of urea groups is 1. The van der Waals surface area contributed by atoms with Crippen LogP contribution >= 0.6 is 0 Å². The fourth-order valence-electron chi connectivity index (χ4n) is 1.88. The molecule has 0 aliphatic carbocycles. The SMILES string of the molecule is CC[C@@H](CO)NC(=O)N[C@@H](C)c1c(C)noc1C. The summed E-state index contributed by atoms with van der Waals surface area (Å²) in [4.78, 5) is 11.7. The van der Waals surface area contributed by atoms with Crippen LogP contribution in [-0.2, 0) is 0 Å². The third-order valence-electron chi connectivity index (χ3n) is 2.92. The van der Waals surface area contributed by atoms with Crippen molar-refractivity contribution >= 4 is 6.03 Å². The van der Waals surface area contributed by atoms with Crippen molar-refractivity contribution in [3.63, 3.8) is 0 Å². The average molecular weight is 255 g/mol. The molecule has 6 nitrogen and oxygen atoms in total. The van der Waals surface area contributed by atoms with Gasteiger partial charge in [-0.25, -0.2) is 4.79 Å². The average Bonchev–Trinajstić information content (AvgIpc) is 2.65. The third kappa shape index (κ3) is 3.46. The normalized spacial score (nSPS) is 14.1. The highest BCUT2D eigenvalue weighted by Crippen LogP contribution is 2.20. The number of hydrogen-bond acceptors (Lipinski definition) is 4. The molecule has 0 saturated carbocycles. The Morgan fingerprint density at radius 3 is 2.56 bits per heavy atom. The summed E-state index contributed by atoms with van der Waals surface area (Å²) in [5.41, 5.74) is 1.66. The van der Waals surface area contributed by atoms with Gasteiger partial charge in [0, 0.05) is 5.56 Å². The van der Waals surface area contributed by atoms with Crippen molar-refractivity contribution in [1.29, 1.82) is 0 Å². The van der Waals surface area contributed by atoms with Gasteiger partial charge < -0.3 is 20.3 Å². The third-order valence-corrected chi connectivity index (χ3v) is 2.92. The molecule has 1 aromatic heterocycles. The van der Waals surface area contributed by atoms with E-state index >= 15 is 0 Å². The quantitative estimate of drug-likeness (QED) is 0.742. The minimum absolute atomic E-state index is 0.0659. The first-order chi connectivity index (χ1) is 8.49. The van der Waals surface area contributed by atoms with E-state index < -0.39 is 0 Å². The van der Waals surface area contributed by atoms with Crippen molar-refractivity contribution in [2.45, 2.75) is 46.2 Å². The molecular weight excluding hydrogens is 234 g/mol. The van der Waals surface area contributed by atoms with Gasteiger partial charge in [-0.05, 0) is 27.2 Å². The van der Waals surface area contributed by atoms with Crippen LogP contribution in [0, 0.1) is 13.8 Å². The van der Waals surface area contributed by atoms with Crippen LogP contribution in [-0.4, -0.2) is 28.9 Å². The second-order valence-corrected chi connectivity index (χ2v) is 4.37. The van der Waals surface area contributed by atoms with E-state index in [0.717, 1.165) is 11.3 Å². The summed E-state index contributed by atoms with van der Waals surface area (Å²) in [6, 6.07) is -0.710. The van der Waals surface area contributed by atoms with Crippen LogP contribution in [0.25, 0.3) is 0 Å². The van der Waals surface area contributed by atoms with E-state index in [1.54, 1.807) is 0 Å². The maximum absolute atomic E-state index is 11.7. The van der Waals surface area contributed by atoms with Crippen molar-refractivity contribution in [1.82, 2.24) is 15.8 Å². The van der Waals surface area contributed by atoms with Crippen LogP contribution in [0.4, 0.5) is 4.79 Å². The molecular formula is C12H21N3O3. The van der Waals surface area contributed by atoms with Crippen molar-refractivity contribution in [3.8, 4) is 0 Å². The van der Waals surface area contributed by atoms with Gasteiger partial charge in [0.15, 0.2) is 0 Å². The molecule has 102 valence electrons. The molecule has 0 spiro atoms. The van der Waals surface area contributed by atoms with Crippen LogP contribution < -0.4 is 10.6 Å². The highest BCUT2D eigenvalue weighted by molar-refractivity contribution is 5.74. The van der Waals surface area contributed by atoms with Gasteiger partial charge in [0.05, 0.1) is 24.4 Å². The number of carbonyl (C=O) groups excluding carboxylic acids is 1. The maximum atomic E-state index is 11.7. The second kappa shape index (κ2) is 6.39. The fraction of sp³-hybridized carbons (Fsp3) is 0.667. The van der Waals surface area contributed by atoms with Gasteiger partial charge in [-0.3, -0.25) is 0 Å². The smallest absolute Gasteiger partial charge is 0.315 e. The van der Waals surface area contributed by atoms with Crippen LogP contribution in [0.3, 0.4) is 0 Å². The number of nitrogens with zero attached hydrogens (tertiary/aromatic N) is 1. The maximum Gasteiger partial charge on any atom is 0.315 e. The first-order valence-electron chi connectivity index (χ1n) is 6.10. The number of aryl methyl sites for hydroxylation is 2. The van der Waals surface area contributed by atoms with Gasteiger partial charge in [-0.2, -0.15) is 0 Å². The van der Waals surface area contributed by atoms with Gasteiger partial charge in [0.2, 0.25) is 0 Å². The molecule has 0 aliphatic rings. The van der Waals surface area contributed by atoms with Gasteiger partial charge in [0.1, 0.15) is 5.76 Å². The molecule has 0 unspecified atom stereocenters. The number of amides is 2. The first-order valence-corrected chi connectivity index (χ1v) is 6.10. The summed E-state index contributed by atoms with van der Waals surface area (Å²) in [5.74, 6) is 0.703. The lowest BCUT2D eigenvalue weighted by Crippen LogP contribution is -2.44. The number of nitrogens with one attached hydrogen (secondary N) is 2. The Labute approximate surface area is 107 Å². The summed E-state index contributed by atoms with van der Waals surface area (Å²) < 4.78 is 5.06. The largest absolute Gasteiger partial charge is 0.394 e. The summed E-state index contributed by atoms with van der Waals surface area (Å²) in [6.07, 6.45) is 0.684.